The van der Waals surface area contributed by atoms with Crippen LogP contribution in [0, 0.1) is 0 Å². The number of rotatable bonds is 5. The minimum absolute atomic E-state index is 0.181. The third-order valence-corrected chi connectivity index (χ3v) is 5.30. The standard InChI is InChI=1S/C7H14N2O4S.C5H10OS/c1-5(6(2)14(4,11)12)9-13-7(10)8-3;1-4(6)5(2)7-3/h6H,1-4H3,(H,8,10);5H,1-3H3/b9-5+;. The zero-order valence-corrected chi connectivity index (χ0v) is 15.1. The van der Waals surface area contributed by atoms with E-state index in [1.165, 1.54) is 20.9 Å². The number of amides is 1. The molecule has 21 heavy (non-hydrogen) atoms. The van der Waals surface area contributed by atoms with Gasteiger partial charge in [0, 0.05) is 13.3 Å². The zero-order chi connectivity index (χ0) is 17.2. The van der Waals surface area contributed by atoms with Gasteiger partial charge in [0.25, 0.3) is 0 Å². The first-order valence-electron chi connectivity index (χ1n) is 6.12. The molecular weight excluding hydrogens is 316 g/mol. The molecule has 0 heterocycles. The van der Waals surface area contributed by atoms with E-state index < -0.39 is 21.2 Å². The summed E-state index contributed by atoms with van der Waals surface area (Å²) in [6.45, 7) is 6.48. The van der Waals surface area contributed by atoms with E-state index in [0.717, 1.165) is 6.26 Å². The number of ketones is 1. The molecule has 0 aromatic heterocycles. The van der Waals surface area contributed by atoms with Gasteiger partial charge in [-0.1, -0.05) is 5.16 Å². The Kier molecular flexibility index (Phi) is 11.2. The Labute approximate surface area is 130 Å². The van der Waals surface area contributed by atoms with Crippen molar-refractivity contribution in [3.05, 3.63) is 0 Å². The quantitative estimate of drug-likeness (QED) is 0.462. The van der Waals surface area contributed by atoms with Crippen molar-refractivity contribution < 1.29 is 22.8 Å². The van der Waals surface area contributed by atoms with Crippen LogP contribution in [-0.4, -0.2) is 56.1 Å². The van der Waals surface area contributed by atoms with Crippen molar-refractivity contribution >= 4 is 39.2 Å². The zero-order valence-electron chi connectivity index (χ0n) is 13.5. The van der Waals surface area contributed by atoms with Gasteiger partial charge in [-0.25, -0.2) is 13.2 Å². The Hall–Kier alpha value is -1.09. The lowest BCUT2D eigenvalue weighted by atomic mass is 10.3. The van der Waals surface area contributed by atoms with Crippen LogP contribution in [0.15, 0.2) is 5.16 Å². The number of nitrogens with one attached hydrogen (secondary N) is 1. The first-order chi connectivity index (χ1) is 9.47. The first-order valence-corrected chi connectivity index (χ1v) is 9.36. The summed E-state index contributed by atoms with van der Waals surface area (Å²) >= 11 is 1.58. The molecular formula is C12H24N2O5S2. The van der Waals surface area contributed by atoms with Crippen LogP contribution in [0.4, 0.5) is 4.79 Å². The number of carbonyl (C=O) groups excluding carboxylic acids is 2. The lowest BCUT2D eigenvalue weighted by Gasteiger charge is -2.07. The maximum Gasteiger partial charge on any atom is 0.433 e. The molecule has 124 valence electrons. The van der Waals surface area contributed by atoms with Crippen LogP contribution >= 0.6 is 11.8 Å². The van der Waals surface area contributed by atoms with Crippen molar-refractivity contribution in [1.29, 1.82) is 0 Å². The van der Waals surface area contributed by atoms with Gasteiger partial charge in [-0.15, -0.1) is 0 Å². The lowest BCUT2D eigenvalue weighted by Crippen LogP contribution is -2.25. The van der Waals surface area contributed by atoms with Crippen molar-refractivity contribution in [3.8, 4) is 0 Å². The van der Waals surface area contributed by atoms with Gasteiger partial charge in [0.2, 0.25) is 0 Å². The van der Waals surface area contributed by atoms with Crippen LogP contribution in [0.5, 0.6) is 0 Å². The normalized spacial score (nSPS) is 14.3. The van der Waals surface area contributed by atoms with Crippen molar-refractivity contribution in [2.45, 2.75) is 38.2 Å². The second-order valence-electron chi connectivity index (χ2n) is 4.32. The Morgan fingerprint density at radius 3 is 1.95 bits per heavy atom. The fraction of sp³-hybridized carbons (Fsp3) is 0.750. The van der Waals surface area contributed by atoms with E-state index in [2.05, 4.69) is 15.3 Å². The molecule has 0 rings (SSSR count). The Morgan fingerprint density at radius 2 is 1.71 bits per heavy atom. The largest absolute Gasteiger partial charge is 0.433 e. The van der Waals surface area contributed by atoms with Crippen LogP contribution in [-0.2, 0) is 19.5 Å². The topological polar surface area (TPSA) is 102 Å². The highest BCUT2D eigenvalue weighted by atomic mass is 32.2. The number of sulfone groups is 1. The number of Topliss-reactive ketones (excluding diaryl/α,β-unsaturated/α-hetero) is 1. The minimum atomic E-state index is -3.20. The molecule has 0 aliphatic rings. The molecule has 7 nitrogen and oxygen atoms in total. The highest BCUT2D eigenvalue weighted by Gasteiger charge is 2.18. The number of carbonyl (C=O) groups is 2. The van der Waals surface area contributed by atoms with Crippen LogP contribution in [0.2, 0.25) is 0 Å². The molecule has 0 saturated heterocycles. The summed E-state index contributed by atoms with van der Waals surface area (Å²) in [6, 6.07) is 0. The van der Waals surface area contributed by atoms with E-state index in [9.17, 15) is 18.0 Å². The van der Waals surface area contributed by atoms with E-state index in [4.69, 9.17) is 0 Å². The van der Waals surface area contributed by atoms with Crippen LogP contribution < -0.4 is 5.32 Å². The summed E-state index contributed by atoms with van der Waals surface area (Å²) in [7, 11) is -1.82. The van der Waals surface area contributed by atoms with Gasteiger partial charge < -0.3 is 5.32 Å². The molecule has 0 aliphatic carbocycles. The predicted molar refractivity (Wildman–Crippen MR) is 86.6 cm³/mol. The van der Waals surface area contributed by atoms with Crippen LogP contribution in [0.3, 0.4) is 0 Å². The summed E-state index contributed by atoms with van der Waals surface area (Å²) < 4.78 is 22.1. The molecule has 2 unspecified atom stereocenters. The SMILES string of the molecule is CNC(=O)O/N=C(\C)C(C)S(C)(=O)=O.CSC(C)C(C)=O. The summed E-state index contributed by atoms with van der Waals surface area (Å²) in [5, 5.41) is 4.99. The second kappa shape index (κ2) is 10.6. The summed E-state index contributed by atoms with van der Waals surface area (Å²) in [5.41, 5.74) is 0.233. The smallest absolute Gasteiger partial charge is 0.323 e. The van der Waals surface area contributed by atoms with Crippen molar-refractivity contribution in [1.82, 2.24) is 5.32 Å². The predicted octanol–water partition coefficient (Wildman–Crippen LogP) is 1.48. The summed E-state index contributed by atoms with van der Waals surface area (Å²) in [5.74, 6) is 0.257. The minimum Gasteiger partial charge on any atom is -0.323 e. The van der Waals surface area contributed by atoms with E-state index in [1.807, 2.05) is 13.2 Å². The molecule has 0 radical (unpaired) electrons. The average molecular weight is 340 g/mol. The van der Waals surface area contributed by atoms with Gasteiger partial charge in [0.05, 0.1) is 16.2 Å². The van der Waals surface area contributed by atoms with Crippen molar-refractivity contribution in [2.75, 3.05) is 19.6 Å². The number of hydrogen-bond donors (Lipinski definition) is 1. The summed E-state index contributed by atoms with van der Waals surface area (Å²) in [4.78, 5) is 25.3. The highest BCUT2D eigenvalue weighted by molar-refractivity contribution is 7.99. The monoisotopic (exact) mass is 340 g/mol. The molecule has 0 aliphatic heterocycles. The molecule has 0 aromatic rings. The third-order valence-electron chi connectivity index (χ3n) is 2.63. The molecule has 1 N–H and O–H groups in total. The first kappa shape index (κ1) is 22.2. The van der Waals surface area contributed by atoms with Crippen molar-refractivity contribution in [2.24, 2.45) is 5.16 Å². The van der Waals surface area contributed by atoms with Gasteiger partial charge in [-0.3, -0.25) is 9.63 Å². The van der Waals surface area contributed by atoms with Crippen LogP contribution in [0.25, 0.3) is 0 Å². The summed E-state index contributed by atoms with van der Waals surface area (Å²) in [6.07, 6.45) is 2.30. The maximum atomic E-state index is 11.0. The molecule has 2 atom stereocenters. The van der Waals surface area contributed by atoms with Gasteiger partial charge in [-0.05, 0) is 34.0 Å². The Morgan fingerprint density at radius 1 is 1.24 bits per heavy atom. The third kappa shape index (κ3) is 11.3. The molecule has 0 aromatic carbocycles. The maximum absolute atomic E-state index is 11.0. The number of hydrogen-bond acceptors (Lipinski definition) is 7. The lowest BCUT2D eigenvalue weighted by molar-refractivity contribution is -0.116. The van der Waals surface area contributed by atoms with Crippen LogP contribution in [0.1, 0.15) is 27.7 Å². The average Bonchev–Trinajstić information content (AvgIpc) is 2.41. The molecule has 0 saturated carbocycles. The Balaban J connectivity index is 0. The fourth-order valence-corrected chi connectivity index (χ4v) is 1.70. The molecule has 0 fully saturated rings. The van der Waals surface area contributed by atoms with Crippen molar-refractivity contribution in [3.63, 3.8) is 0 Å². The second-order valence-corrected chi connectivity index (χ2v) is 7.87. The highest BCUT2D eigenvalue weighted by Crippen LogP contribution is 2.04. The molecule has 0 bridgehead atoms. The fourth-order valence-electron chi connectivity index (χ4n) is 0.709. The van der Waals surface area contributed by atoms with Gasteiger partial charge >= 0.3 is 6.09 Å². The van der Waals surface area contributed by atoms with Gasteiger partial charge in [0.1, 0.15) is 5.78 Å². The molecule has 1 amide bonds. The van der Waals surface area contributed by atoms with E-state index >= 15 is 0 Å². The van der Waals surface area contributed by atoms with Gasteiger partial charge in [0.15, 0.2) is 9.84 Å². The molecule has 9 heteroatoms. The number of thioether (sulfide) groups is 1. The Bertz CT molecular complexity index is 474. The van der Waals surface area contributed by atoms with E-state index in [1.54, 1.807) is 18.7 Å². The van der Waals surface area contributed by atoms with E-state index in [0.29, 0.717) is 0 Å². The number of nitrogens with zero attached hydrogens (tertiary/aromatic N) is 1. The number of oxime groups is 1. The van der Waals surface area contributed by atoms with Gasteiger partial charge in [-0.2, -0.15) is 11.8 Å². The molecule has 0 spiro atoms. The van der Waals surface area contributed by atoms with E-state index in [-0.39, 0.29) is 16.7 Å².